The molecule has 0 unspecified atom stereocenters. The lowest BCUT2D eigenvalue weighted by Crippen LogP contribution is -2.26. The van der Waals surface area contributed by atoms with Crippen LogP contribution in [0, 0.1) is 13.8 Å². The predicted molar refractivity (Wildman–Crippen MR) is 83.5 cm³/mol. The molecule has 21 heavy (non-hydrogen) atoms. The molecule has 1 N–H and O–H groups in total. The molecule has 2 aromatic rings. The second-order valence-electron chi connectivity index (χ2n) is 5.24. The Morgan fingerprint density at radius 3 is 2.33 bits per heavy atom. The second kappa shape index (κ2) is 6.88. The number of pyridine rings is 1. The fraction of sp³-hybridized carbons (Fsp3) is 0.294. The van der Waals surface area contributed by atoms with Gasteiger partial charge in [0.1, 0.15) is 5.82 Å². The van der Waals surface area contributed by atoms with Gasteiger partial charge in [0.15, 0.2) is 0 Å². The van der Waals surface area contributed by atoms with E-state index in [9.17, 15) is 4.79 Å². The van der Waals surface area contributed by atoms with Gasteiger partial charge in [0.05, 0.1) is 6.42 Å². The molecule has 4 heteroatoms. The van der Waals surface area contributed by atoms with Gasteiger partial charge in [-0.15, -0.1) is 0 Å². The van der Waals surface area contributed by atoms with Crippen molar-refractivity contribution in [1.29, 1.82) is 0 Å². The summed E-state index contributed by atoms with van der Waals surface area (Å²) in [4.78, 5) is 17.2. The molecule has 0 amide bonds. The standard InChI is InChI=1S/C17H20N2O2/c1-13-3-6-15(7-4-13)12-19(10-9-17(20)21)16-8-5-14(2)11-18-16/h3-8,11H,9-10,12H2,1-2H3,(H,20,21). The molecule has 1 aromatic heterocycles. The first-order valence-electron chi connectivity index (χ1n) is 6.99. The van der Waals surface area contributed by atoms with E-state index in [0.29, 0.717) is 13.1 Å². The number of aliphatic carboxylic acids is 1. The van der Waals surface area contributed by atoms with Crippen LogP contribution in [0.15, 0.2) is 42.6 Å². The number of hydrogen-bond acceptors (Lipinski definition) is 3. The summed E-state index contributed by atoms with van der Waals surface area (Å²) in [6.45, 7) is 5.13. The Morgan fingerprint density at radius 2 is 1.76 bits per heavy atom. The minimum atomic E-state index is -0.795. The van der Waals surface area contributed by atoms with Crippen molar-refractivity contribution in [2.24, 2.45) is 0 Å². The number of carboxylic acids is 1. The average Bonchev–Trinajstić information content (AvgIpc) is 2.46. The monoisotopic (exact) mass is 284 g/mol. The van der Waals surface area contributed by atoms with E-state index in [1.165, 1.54) is 5.56 Å². The summed E-state index contributed by atoms with van der Waals surface area (Å²) in [5, 5.41) is 8.91. The molecule has 0 aliphatic heterocycles. The van der Waals surface area contributed by atoms with Gasteiger partial charge >= 0.3 is 5.97 Å². The molecule has 0 atom stereocenters. The van der Waals surface area contributed by atoms with Crippen LogP contribution in [0.3, 0.4) is 0 Å². The van der Waals surface area contributed by atoms with Crippen LogP contribution in [0.25, 0.3) is 0 Å². The van der Waals surface area contributed by atoms with Crippen LogP contribution >= 0.6 is 0 Å². The first-order valence-corrected chi connectivity index (χ1v) is 6.99. The zero-order valence-corrected chi connectivity index (χ0v) is 12.4. The maximum absolute atomic E-state index is 10.8. The highest BCUT2D eigenvalue weighted by Gasteiger charge is 2.10. The van der Waals surface area contributed by atoms with E-state index in [1.807, 2.05) is 30.9 Å². The molecule has 2 rings (SSSR count). The van der Waals surface area contributed by atoms with Crippen molar-refractivity contribution in [1.82, 2.24) is 4.98 Å². The highest BCUT2D eigenvalue weighted by atomic mass is 16.4. The van der Waals surface area contributed by atoms with E-state index in [1.54, 1.807) is 6.20 Å². The van der Waals surface area contributed by atoms with E-state index >= 15 is 0 Å². The highest BCUT2D eigenvalue weighted by Crippen LogP contribution is 2.16. The SMILES string of the molecule is Cc1ccc(CN(CCC(=O)O)c2ccc(C)cn2)cc1. The minimum absolute atomic E-state index is 0.0986. The summed E-state index contributed by atoms with van der Waals surface area (Å²) in [7, 11) is 0. The summed E-state index contributed by atoms with van der Waals surface area (Å²) < 4.78 is 0. The Kier molecular flexibility index (Phi) is 4.93. The third-order valence-electron chi connectivity index (χ3n) is 3.31. The topological polar surface area (TPSA) is 53.4 Å². The molecule has 110 valence electrons. The maximum atomic E-state index is 10.8. The lowest BCUT2D eigenvalue weighted by molar-refractivity contribution is -0.136. The number of carbonyl (C=O) groups is 1. The van der Waals surface area contributed by atoms with Gasteiger partial charge < -0.3 is 10.0 Å². The number of aryl methyl sites for hydroxylation is 2. The van der Waals surface area contributed by atoms with Gasteiger partial charge in [-0.2, -0.15) is 0 Å². The molecule has 0 fully saturated rings. The lowest BCUT2D eigenvalue weighted by Gasteiger charge is -2.23. The van der Waals surface area contributed by atoms with Crippen molar-refractivity contribution < 1.29 is 9.90 Å². The van der Waals surface area contributed by atoms with Gasteiger partial charge in [0.2, 0.25) is 0 Å². The number of nitrogens with zero attached hydrogens (tertiary/aromatic N) is 2. The summed E-state index contributed by atoms with van der Waals surface area (Å²) in [5.41, 5.74) is 3.45. The molecule has 4 nitrogen and oxygen atoms in total. The van der Waals surface area contributed by atoms with Gasteiger partial charge in [0.25, 0.3) is 0 Å². The van der Waals surface area contributed by atoms with Crippen molar-refractivity contribution in [2.45, 2.75) is 26.8 Å². The largest absolute Gasteiger partial charge is 0.481 e. The van der Waals surface area contributed by atoms with E-state index in [0.717, 1.165) is 16.9 Å². The first-order chi connectivity index (χ1) is 10.0. The summed E-state index contributed by atoms with van der Waals surface area (Å²) in [5.74, 6) is 0.0124. The number of benzene rings is 1. The van der Waals surface area contributed by atoms with Gasteiger partial charge in [0, 0.05) is 19.3 Å². The number of anilines is 1. The van der Waals surface area contributed by atoms with Crippen LogP contribution in [0.4, 0.5) is 5.82 Å². The zero-order chi connectivity index (χ0) is 15.2. The van der Waals surface area contributed by atoms with Gasteiger partial charge in [-0.05, 0) is 31.0 Å². The number of aromatic nitrogens is 1. The van der Waals surface area contributed by atoms with E-state index in [-0.39, 0.29) is 6.42 Å². The van der Waals surface area contributed by atoms with Crippen LogP contribution in [-0.2, 0) is 11.3 Å². The molecule has 0 bridgehead atoms. The van der Waals surface area contributed by atoms with Crippen LogP contribution in [-0.4, -0.2) is 22.6 Å². The van der Waals surface area contributed by atoms with Crippen molar-refractivity contribution in [3.63, 3.8) is 0 Å². The Balaban J connectivity index is 2.16. The molecule has 0 radical (unpaired) electrons. The third kappa shape index (κ3) is 4.60. The fourth-order valence-electron chi connectivity index (χ4n) is 2.07. The molecular weight excluding hydrogens is 264 g/mol. The average molecular weight is 284 g/mol. The Labute approximate surface area is 125 Å². The van der Waals surface area contributed by atoms with Gasteiger partial charge in [-0.1, -0.05) is 35.9 Å². The van der Waals surface area contributed by atoms with Gasteiger partial charge in [-0.3, -0.25) is 4.79 Å². The van der Waals surface area contributed by atoms with Gasteiger partial charge in [-0.25, -0.2) is 4.98 Å². The predicted octanol–water partition coefficient (Wildman–Crippen LogP) is 3.18. The molecular formula is C17H20N2O2. The minimum Gasteiger partial charge on any atom is -0.481 e. The molecule has 0 spiro atoms. The normalized spacial score (nSPS) is 10.4. The molecule has 0 aliphatic rings. The second-order valence-corrected chi connectivity index (χ2v) is 5.24. The number of rotatable bonds is 6. The third-order valence-corrected chi connectivity index (χ3v) is 3.31. The fourth-order valence-corrected chi connectivity index (χ4v) is 2.07. The Bertz CT molecular complexity index is 591. The van der Waals surface area contributed by atoms with Crippen molar-refractivity contribution >= 4 is 11.8 Å². The number of hydrogen-bond donors (Lipinski definition) is 1. The lowest BCUT2D eigenvalue weighted by atomic mass is 10.1. The van der Waals surface area contributed by atoms with Crippen molar-refractivity contribution in [2.75, 3.05) is 11.4 Å². The molecule has 0 saturated heterocycles. The molecule has 1 aromatic carbocycles. The van der Waals surface area contributed by atoms with Crippen molar-refractivity contribution in [3.8, 4) is 0 Å². The first kappa shape index (κ1) is 15.0. The maximum Gasteiger partial charge on any atom is 0.305 e. The van der Waals surface area contributed by atoms with Crippen LogP contribution in [0.5, 0.6) is 0 Å². The summed E-state index contributed by atoms with van der Waals surface area (Å²) >= 11 is 0. The quantitative estimate of drug-likeness (QED) is 0.885. The summed E-state index contributed by atoms with van der Waals surface area (Å²) in [6.07, 6.45) is 1.90. The zero-order valence-electron chi connectivity index (χ0n) is 12.4. The van der Waals surface area contributed by atoms with Crippen molar-refractivity contribution in [3.05, 3.63) is 59.3 Å². The summed E-state index contributed by atoms with van der Waals surface area (Å²) in [6, 6.07) is 12.2. The molecule has 0 saturated carbocycles. The molecule has 1 heterocycles. The van der Waals surface area contributed by atoms with Crippen LogP contribution < -0.4 is 4.90 Å². The van der Waals surface area contributed by atoms with E-state index in [2.05, 4.69) is 29.2 Å². The number of carboxylic acid groups (broad SMARTS) is 1. The highest BCUT2D eigenvalue weighted by molar-refractivity contribution is 5.67. The van der Waals surface area contributed by atoms with E-state index < -0.39 is 5.97 Å². The Morgan fingerprint density at radius 1 is 1.10 bits per heavy atom. The van der Waals surface area contributed by atoms with Crippen LogP contribution in [0.2, 0.25) is 0 Å². The van der Waals surface area contributed by atoms with E-state index in [4.69, 9.17) is 5.11 Å². The molecule has 0 aliphatic carbocycles. The van der Waals surface area contributed by atoms with Crippen LogP contribution in [0.1, 0.15) is 23.1 Å². The Hall–Kier alpha value is -2.36. The smallest absolute Gasteiger partial charge is 0.305 e.